The molecule has 0 aromatic heterocycles. The minimum Gasteiger partial charge on any atom is -0.492 e. The third-order valence-corrected chi connectivity index (χ3v) is 4.17. The van der Waals surface area contributed by atoms with E-state index in [9.17, 15) is 0 Å². The number of halogens is 4. The predicted octanol–water partition coefficient (Wildman–Crippen LogP) is 3.86. The van der Waals surface area contributed by atoms with Crippen LogP contribution in [0.25, 0.3) is 0 Å². The summed E-state index contributed by atoms with van der Waals surface area (Å²) in [6, 6.07) is 3.74. The highest BCUT2D eigenvalue weighted by Crippen LogP contribution is 2.32. The van der Waals surface area contributed by atoms with Crippen LogP contribution < -0.4 is 10.5 Å². The van der Waals surface area contributed by atoms with Crippen molar-refractivity contribution < 1.29 is 4.74 Å². The van der Waals surface area contributed by atoms with Crippen LogP contribution in [0.5, 0.6) is 5.75 Å². The van der Waals surface area contributed by atoms with Crippen LogP contribution in [0.2, 0.25) is 5.02 Å². The fourth-order valence-electron chi connectivity index (χ4n) is 0.880. The third kappa shape index (κ3) is 5.08. The first-order valence-electron chi connectivity index (χ1n) is 4.12. The summed E-state index contributed by atoms with van der Waals surface area (Å²) in [5.74, 6) is 0.715. The van der Waals surface area contributed by atoms with E-state index >= 15 is 0 Å². The number of ether oxygens (including phenoxy) is 1. The fraction of sp³-hybridized carbons (Fsp3) is 0.333. The summed E-state index contributed by atoms with van der Waals surface area (Å²) in [6.07, 6.45) is 0.836. The summed E-state index contributed by atoms with van der Waals surface area (Å²) < 4.78 is 7.53. The zero-order valence-corrected chi connectivity index (χ0v) is 13.1. The Hall–Kier alpha value is 0.770. The lowest BCUT2D eigenvalue weighted by atomic mass is 10.3. The molecule has 2 nitrogen and oxygen atoms in total. The van der Waals surface area contributed by atoms with Gasteiger partial charge in [-0.2, -0.15) is 0 Å². The second kappa shape index (κ2) is 7.95. The summed E-state index contributed by atoms with van der Waals surface area (Å²) >= 11 is 11.6. The van der Waals surface area contributed by atoms with Gasteiger partial charge in [0, 0.05) is 8.04 Å². The van der Waals surface area contributed by atoms with Crippen LogP contribution in [-0.4, -0.2) is 13.2 Å². The fourth-order valence-corrected chi connectivity index (χ4v) is 2.01. The molecule has 0 aliphatic rings. The average molecular weight is 427 g/mol. The van der Waals surface area contributed by atoms with E-state index in [4.69, 9.17) is 22.1 Å². The van der Waals surface area contributed by atoms with Crippen molar-refractivity contribution in [3.63, 3.8) is 0 Å². The monoisotopic (exact) mass is 425 g/mol. The third-order valence-electron chi connectivity index (χ3n) is 1.58. The van der Waals surface area contributed by atoms with Crippen LogP contribution in [0.15, 0.2) is 16.6 Å². The van der Waals surface area contributed by atoms with Crippen molar-refractivity contribution in [3.05, 3.63) is 25.2 Å². The smallest absolute Gasteiger partial charge is 0.139 e. The second-order valence-corrected chi connectivity index (χ2v) is 5.11. The summed E-state index contributed by atoms with van der Waals surface area (Å²) in [6.45, 7) is 1.24. The highest BCUT2D eigenvalue weighted by atomic mass is 127. The summed E-state index contributed by atoms with van der Waals surface area (Å²) in [7, 11) is 0. The van der Waals surface area contributed by atoms with Crippen molar-refractivity contribution in [3.8, 4) is 5.75 Å². The van der Waals surface area contributed by atoms with E-state index in [0.29, 0.717) is 23.9 Å². The van der Waals surface area contributed by atoms with Gasteiger partial charge in [-0.05, 0) is 63.6 Å². The molecule has 0 heterocycles. The zero-order valence-electron chi connectivity index (χ0n) is 7.80. The summed E-state index contributed by atoms with van der Waals surface area (Å²) in [5.41, 5.74) is 5.36. The van der Waals surface area contributed by atoms with Crippen molar-refractivity contribution >= 4 is 62.5 Å². The lowest BCUT2D eigenvalue weighted by molar-refractivity contribution is 0.313. The molecule has 0 bridgehead atoms. The molecular formula is C9H11BrCl2INO. The number of benzene rings is 1. The zero-order chi connectivity index (χ0) is 10.6. The molecule has 0 saturated carbocycles. The maximum atomic E-state index is 5.99. The van der Waals surface area contributed by atoms with Crippen LogP contribution >= 0.6 is 62.5 Å². The molecule has 0 fully saturated rings. The van der Waals surface area contributed by atoms with E-state index in [-0.39, 0.29) is 12.4 Å². The molecule has 1 aromatic rings. The van der Waals surface area contributed by atoms with Gasteiger partial charge < -0.3 is 10.5 Å². The molecule has 0 unspecified atom stereocenters. The van der Waals surface area contributed by atoms with E-state index in [1.54, 1.807) is 0 Å². The summed E-state index contributed by atoms with van der Waals surface area (Å²) in [5, 5.41) is 0.620. The van der Waals surface area contributed by atoms with Gasteiger partial charge in [-0.25, -0.2) is 0 Å². The molecule has 0 aliphatic carbocycles. The Balaban J connectivity index is 0.00000196. The van der Waals surface area contributed by atoms with Crippen LogP contribution in [0.4, 0.5) is 0 Å². The molecule has 86 valence electrons. The Labute approximate surface area is 123 Å². The summed E-state index contributed by atoms with van der Waals surface area (Å²) in [4.78, 5) is 0. The maximum Gasteiger partial charge on any atom is 0.139 e. The van der Waals surface area contributed by atoms with Gasteiger partial charge in [0.25, 0.3) is 0 Å². The van der Waals surface area contributed by atoms with E-state index in [1.165, 1.54) is 0 Å². The van der Waals surface area contributed by atoms with Crippen molar-refractivity contribution in [2.45, 2.75) is 6.42 Å². The number of rotatable bonds is 4. The van der Waals surface area contributed by atoms with Crippen molar-refractivity contribution in [2.75, 3.05) is 13.2 Å². The Morgan fingerprint density at radius 3 is 2.73 bits per heavy atom. The topological polar surface area (TPSA) is 35.2 Å². The van der Waals surface area contributed by atoms with Crippen LogP contribution in [0, 0.1) is 3.57 Å². The van der Waals surface area contributed by atoms with Crippen molar-refractivity contribution in [1.82, 2.24) is 0 Å². The first-order valence-corrected chi connectivity index (χ1v) is 6.37. The molecule has 0 amide bonds. The highest BCUT2D eigenvalue weighted by molar-refractivity contribution is 14.1. The first kappa shape index (κ1) is 15.8. The van der Waals surface area contributed by atoms with Gasteiger partial charge in [0.2, 0.25) is 0 Å². The van der Waals surface area contributed by atoms with Crippen LogP contribution in [0.3, 0.4) is 0 Å². The Morgan fingerprint density at radius 1 is 1.47 bits per heavy atom. The molecule has 0 radical (unpaired) electrons. The maximum absolute atomic E-state index is 5.99. The molecule has 6 heteroatoms. The van der Waals surface area contributed by atoms with E-state index < -0.39 is 0 Å². The quantitative estimate of drug-likeness (QED) is 0.451. The van der Waals surface area contributed by atoms with Gasteiger partial charge >= 0.3 is 0 Å². The van der Waals surface area contributed by atoms with Gasteiger partial charge in [-0.1, -0.05) is 11.6 Å². The standard InChI is InChI=1S/C9H10BrClINO.ClH/c10-6-4-7(11)9(5-8(6)12)14-3-1-2-13;/h4-5H,1-3,13H2;1H. The minimum atomic E-state index is 0. The van der Waals surface area contributed by atoms with Gasteiger partial charge in [0.05, 0.1) is 11.6 Å². The van der Waals surface area contributed by atoms with Gasteiger partial charge in [-0.15, -0.1) is 12.4 Å². The Kier molecular flexibility index (Phi) is 8.36. The Bertz CT molecular complexity index is 325. The largest absolute Gasteiger partial charge is 0.492 e. The van der Waals surface area contributed by atoms with Crippen molar-refractivity contribution in [1.29, 1.82) is 0 Å². The van der Waals surface area contributed by atoms with E-state index in [2.05, 4.69) is 38.5 Å². The number of hydrogen-bond donors (Lipinski definition) is 1. The molecule has 0 atom stereocenters. The van der Waals surface area contributed by atoms with Gasteiger partial charge in [0.1, 0.15) is 5.75 Å². The van der Waals surface area contributed by atoms with Crippen LogP contribution in [0.1, 0.15) is 6.42 Å². The molecule has 2 N–H and O–H groups in total. The SMILES string of the molecule is Cl.NCCCOc1cc(I)c(Br)cc1Cl. The minimum absolute atomic E-state index is 0. The van der Waals surface area contributed by atoms with Crippen molar-refractivity contribution in [2.24, 2.45) is 5.73 Å². The Morgan fingerprint density at radius 2 is 2.13 bits per heavy atom. The van der Waals surface area contributed by atoms with E-state index in [1.807, 2.05) is 12.1 Å². The molecule has 0 spiro atoms. The normalized spacial score (nSPS) is 9.60. The average Bonchev–Trinajstić information content (AvgIpc) is 2.14. The number of nitrogens with two attached hydrogens (primary N) is 1. The molecule has 1 rings (SSSR count). The second-order valence-electron chi connectivity index (χ2n) is 2.69. The highest BCUT2D eigenvalue weighted by Gasteiger charge is 2.05. The van der Waals surface area contributed by atoms with E-state index in [0.717, 1.165) is 14.5 Å². The molecule has 0 aliphatic heterocycles. The van der Waals surface area contributed by atoms with Gasteiger partial charge in [0.15, 0.2) is 0 Å². The first-order chi connectivity index (χ1) is 6.65. The molecule has 15 heavy (non-hydrogen) atoms. The van der Waals surface area contributed by atoms with Crippen LogP contribution in [-0.2, 0) is 0 Å². The number of hydrogen-bond acceptors (Lipinski definition) is 2. The molecule has 1 aromatic carbocycles. The lowest BCUT2D eigenvalue weighted by Crippen LogP contribution is -2.06. The molecular weight excluding hydrogens is 416 g/mol. The predicted molar refractivity (Wildman–Crippen MR) is 78.3 cm³/mol. The lowest BCUT2D eigenvalue weighted by Gasteiger charge is -2.08. The van der Waals surface area contributed by atoms with Gasteiger partial charge in [-0.3, -0.25) is 0 Å². The molecule has 0 saturated heterocycles.